The van der Waals surface area contributed by atoms with E-state index >= 15 is 0 Å². The zero-order chi connectivity index (χ0) is 5.98. The summed E-state index contributed by atoms with van der Waals surface area (Å²) in [4.78, 5) is 0. The fourth-order valence-electron chi connectivity index (χ4n) is 0.475. The summed E-state index contributed by atoms with van der Waals surface area (Å²) in [5.74, 6) is -0.354. The average molecular weight is 140 g/mol. The quantitative estimate of drug-likeness (QED) is 0.485. The molecule has 0 saturated carbocycles. The van der Waals surface area contributed by atoms with Crippen LogP contribution in [-0.2, 0) is 0 Å². The molecule has 0 heterocycles. The van der Waals surface area contributed by atoms with E-state index in [0.29, 0.717) is 0 Å². The third-order valence-corrected chi connectivity index (χ3v) is 0.905. The molecule has 1 rings (SSSR count). The van der Waals surface area contributed by atoms with E-state index in [9.17, 15) is 4.39 Å². The first-order chi connectivity index (χ1) is 3.80. The van der Waals surface area contributed by atoms with Gasteiger partial charge in [0.15, 0.2) is 0 Å². The summed E-state index contributed by atoms with van der Waals surface area (Å²) in [5, 5.41) is 0. The molecule has 4 heteroatoms. The van der Waals surface area contributed by atoms with Crippen LogP contribution in [0.1, 0.15) is 0 Å². The molecule has 0 aliphatic carbocycles. The predicted octanol–water partition coefficient (Wildman–Crippen LogP) is 0.266. The summed E-state index contributed by atoms with van der Waals surface area (Å²) in [6.45, 7) is 0. The van der Waals surface area contributed by atoms with Crippen molar-refractivity contribution in [3.63, 3.8) is 0 Å². The van der Waals surface area contributed by atoms with Crippen molar-refractivity contribution >= 4 is 13.3 Å². The number of hydrogen-bond donors (Lipinski definition) is 0. The van der Waals surface area contributed by atoms with Crippen molar-refractivity contribution in [2.75, 3.05) is 0 Å². The Morgan fingerprint density at radius 1 is 1.10 bits per heavy atom. The molecule has 0 saturated heterocycles. The monoisotopic (exact) mass is 140 g/mol. The molecule has 0 amide bonds. The Morgan fingerprint density at radius 2 is 1.60 bits per heavy atom. The topological polar surface area (TPSA) is 60.0 Å². The Labute approximate surface area is 59.7 Å². The molecule has 0 atom stereocenters. The molecule has 10 heavy (non-hydrogen) atoms. The van der Waals surface area contributed by atoms with Gasteiger partial charge in [-0.05, 0) is 0 Å². The molecule has 2 nitrogen and oxygen atoms in total. The van der Waals surface area contributed by atoms with Crippen LogP contribution in [-0.4, -0.2) is 18.8 Å². The fourth-order valence-corrected chi connectivity index (χ4v) is 0.475. The minimum atomic E-state index is -0.354. The van der Waals surface area contributed by atoms with Gasteiger partial charge in [-0.3, -0.25) is 0 Å². The maximum Gasteiger partial charge on any atom is -0.870 e. The molecule has 0 fully saturated rings. The molecule has 0 aliphatic heterocycles. The van der Waals surface area contributed by atoms with Crippen LogP contribution in [0.4, 0.5) is 4.39 Å². The van der Waals surface area contributed by atoms with Crippen molar-refractivity contribution in [1.82, 2.24) is 0 Å². The van der Waals surface area contributed by atoms with Crippen molar-refractivity contribution in [1.29, 1.82) is 0 Å². The van der Waals surface area contributed by atoms with Gasteiger partial charge in [0.2, 0.25) is 0 Å². The van der Waals surface area contributed by atoms with Crippen LogP contribution in [0.2, 0.25) is 0 Å². The van der Waals surface area contributed by atoms with Gasteiger partial charge in [0.05, 0.1) is 0 Å². The van der Waals surface area contributed by atoms with Gasteiger partial charge < -0.3 is 11.0 Å². The first-order valence-corrected chi connectivity index (χ1v) is 2.31. The van der Waals surface area contributed by atoms with Crippen LogP contribution >= 0.6 is 0 Å². The van der Waals surface area contributed by atoms with Gasteiger partial charge in [-0.25, -0.2) is 0 Å². The first kappa shape index (κ1) is 11.9. The molecule has 1 aromatic rings. The molecule has 2 N–H and O–H groups in total. The summed E-state index contributed by atoms with van der Waals surface area (Å²) < 4.78 is 12.2. The van der Waals surface area contributed by atoms with Crippen molar-refractivity contribution < 1.29 is 15.3 Å². The zero-order valence-electron chi connectivity index (χ0n) is 5.16. The second-order valence-corrected chi connectivity index (χ2v) is 1.52. The molecule has 0 spiro atoms. The maximum atomic E-state index is 12.2. The Bertz CT molecular complexity index is 172. The molecule has 0 aromatic heterocycles. The zero-order valence-corrected chi connectivity index (χ0v) is 5.16. The molecule has 1 aromatic carbocycles. The summed E-state index contributed by atoms with van der Waals surface area (Å²) >= 11 is 0. The molecule has 0 radical (unpaired) electrons. The summed E-state index contributed by atoms with van der Waals surface area (Å²) in [6, 6.07) is 6.15. The Balaban J connectivity index is 0. The minimum absolute atomic E-state index is 0. The van der Waals surface area contributed by atoms with E-state index in [-0.39, 0.29) is 22.2 Å². The second-order valence-electron chi connectivity index (χ2n) is 1.52. The number of hydrogen-bond acceptors (Lipinski definition) is 2. The third kappa shape index (κ3) is 2.61. The van der Waals surface area contributed by atoms with Crippen molar-refractivity contribution in [2.24, 2.45) is 0 Å². The van der Waals surface area contributed by atoms with Crippen LogP contribution in [0.5, 0.6) is 0 Å². The minimum Gasteiger partial charge on any atom is -0.870 e. The van der Waals surface area contributed by atoms with Gasteiger partial charge in [-0.1, -0.05) is 0 Å². The molecule has 52 valence electrons. The number of rotatable bonds is 0. The number of halogens is 1. The predicted molar refractivity (Wildman–Crippen MR) is 35.7 cm³/mol. The molecular weight excluding hydrogens is 134 g/mol. The van der Waals surface area contributed by atoms with Crippen LogP contribution in [0, 0.1) is 5.82 Å². The van der Waals surface area contributed by atoms with Crippen LogP contribution in [0.15, 0.2) is 24.3 Å². The van der Waals surface area contributed by atoms with Gasteiger partial charge >= 0.3 is 47.8 Å². The first-order valence-electron chi connectivity index (χ1n) is 2.31. The fraction of sp³-hybridized carbons (Fsp3) is 0. The van der Waals surface area contributed by atoms with E-state index in [2.05, 4.69) is 0 Å². The van der Waals surface area contributed by atoms with Crippen molar-refractivity contribution in [3.8, 4) is 0 Å². The third-order valence-electron chi connectivity index (χ3n) is 0.905. The smallest absolute Gasteiger partial charge is 0.870 e. The summed E-state index contributed by atoms with van der Waals surface area (Å²) in [5.41, 5.74) is 0.201. The van der Waals surface area contributed by atoms with Gasteiger partial charge in [0.1, 0.15) is 0 Å². The van der Waals surface area contributed by atoms with Gasteiger partial charge in [0.25, 0.3) is 0 Å². The van der Waals surface area contributed by atoms with Gasteiger partial charge in [0, 0.05) is 0 Å². The van der Waals surface area contributed by atoms with E-state index in [0.717, 1.165) is 0 Å². The van der Waals surface area contributed by atoms with Gasteiger partial charge in [-0.2, -0.15) is 0 Å². The molecular formula is C6H6BFO2. The van der Waals surface area contributed by atoms with E-state index in [4.69, 9.17) is 7.85 Å². The molecule has 0 unspecified atom stereocenters. The summed E-state index contributed by atoms with van der Waals surface area (Å²) in [6.07, 6.45) is 0. The Hall–Kier alpha value is -0.865. The Kier molecular flexibility index (Phi) is 5.89. The average Bonchev–Trinajstić information content (AvgIpc) is 1.77. The van der Waals surface area contributed by atoms with E-state index in [1.54, 1.807) is 12.1 Å². The number of benzene rings is 1. The van der Waals surface area contributed by atoms with E-state index < -0.39 is 0 Å². The van der Waals surface area contributed by atoms with Crippen LogP contribution in [0.3, 0.4) is 0 Å². The van der Waals surface area contributed by atoms with E-state index in [1.165, 1.54) is 12.1 Å². The summed E-state index contributed by atoms with van der Waals surface area (Å²) in [7, 11) is 5.14. The SMILES string of the molecule is [B+2]c1ccccc1F.[OH-].[OH-]. The molecule has 0 aliphatic rings. The van der Waals surface area contributed by atoms with Crippen molar-refractivity contribution in [3.05, 3.63) is 30.1 Å². The Morgan fingerprint density at radius 3 is 1.90 bits per heavy atom. The van der Waals surface area contributed by atoms with Crippen LogP contribution < -0.4 is 5.46 Å². The van der Waals surface area contributed by atoms with Gasteiger partial charge in [-0.15, -0.1) is 0 Å². The standard InChI is InChI=1S/C6H4BF.2H2O/c7-5-3-1-2-4-6(5)8;;/h1-4H;2*1H2/q+2;;/p-2. The van der Waals surface area contributed by atoms with Crippen LogP contribution in [0.25, 0.3) is 0 Å². The van der Waals surface area contributed by atoms with E-state index in [1.807, 2.05) is 0 Å². The maximum absolute atomic E-state index is 12.2. The second kappa shape index (κ2) is 4.96. The van der Waals surface area contributed by atoms with Crippen molar-refractivity contribution in [2.45, 2.75) is 0 Å². The normalized spacial score (nSPS) is 7.50. The largest absolute Gasteiger partial charge is 0.870 e. The molecule has 0 bridgehead atoms.